The molecular formula is C20H23N3O2S. The number of rotatable bonds is 6. The van der Waals surface area contributed by atoms with Crippen LogP contribution in [0.2, 0.25) is 0 Å². The highest BCUT2D eigenvalue weighted by molar-refractivity contribution is 7.08. The number of pyridine rings is 1. The molecule has 4 heterocycles. The summed E-state index contributed by atoms with van der Waals surface area (Å²) in [7, 11) is 0. The number of thiophene rings is 1. The van der Waals surface area contributed by atoms with Crippen LogP contribution in [0.15, 0.2) is 45.8 Å². The van der Waals surface area contributed by atoms with E-state index in [9.17, 15) is 0 Å². The van der Waals surface area contributed by atoms with Crippen molar-refractivity contribution in [3.8, 4) is 11.5 Å². The van der Waals surface area contributed by atoms with Crippen molar-refractivity contribution >= 4 is 11.3 Å². The van der Waals surface area contributed by atoms with Crippen LogP contribution >= 0.6 is 11.3 Å². The van der Waals surface area contributed by atoms with Gasteiger partial charge in [0.15, 0.2) is 0 Å². The lowest BCUT2D eigenvalue weighted by atomic mass is 10.1. The normalized spacial score (nSPS) is 16.2. The van der Waals surface area contributed by atoms with Crippen LogP contribution in [-0.2, 0) is 17.9 Å². The van der Waals surface area contributed by atoms with E-state index < -0.39 is 0 Å². The van der Waals surface area contributed by atoms with Crippen LogP contribution in [0.5, 0.6) is 0 Å². The van der Waals surface area contributed by atoms with Gasteiger partial charge in [-0.2, -0.15) is 11.3 Å². The van der Waals surface area contributed by atoms with Crippen molar-refractivity contribution in [2.24, 2.45) is 0 Å². The van der Waals surface area contributed by atoms with E-state index in [2.05, 4.69) is 21.3 Å². The maximum Gasteiger partial charge on any atom is 0.227 e. The second-order valence-electron chi connectivity index (χ2n) is 6.68. The van der Waals surface area contributed by atoms with Crippen LogP contribution in [-0.4, -0.2) is 34.1 Å². The fourth-order valence-corrected chi connectivity index (χ4v) is 3.86. The van der Waals surface area contributed by atoms with Crippen LogP contribution in [0, 0.1) is 6.92 Å². The molecule has 0 atom stereocenters. The highest BCUT2D eigenvalue weighted by Crippen LogP contribution is 2.25. The fourth-order valence-electron chi connectivity index (χ4n) is 3.23. The second kappa shape index (κ2) is 8.12. The van der Waals surface area contributed by atoms with Gasteiger partial charge in [0.05, 0.1) is 18.4 Å². The third-order valence-corrected chi connectivity index (χ3v) is 5.46. The van der Waals surface area contributed by atoms with Crippen molar-refractivity contribution in [3.63, 3.8) is 0 Å². The van der Waals surface area contributed by atoms with Crippen LogP contribution in [0.1, 0.15) is 29.9 Å². The third kappa shape index (κ3) is 4.20. The van der Waals surface area contributed by atoms with Gasteiger partial charge in [0.25, 0.3) is 0 Å². The Morgan fingerprint density at radius 2 is 2.19 bits per heavy atom. The number of hydrogen-bond donors (Lipinski definition) is 0. The van der Waals surface area contributed by atoms with Crippen molar-refractivity contribution < 1.29 is 9.15 Å². The van der Waals surface area contributed by atoms with Crippen LogP contribution < -0.4 is 0 Å². The van der Waals surface area contributed by atoms with E-state index in [0.29, 0.717) is 12.7 Å². The van der Waals surface area contributed by atoms with Gasteiger partial charge in [-0.15, -0.1) is 0 Å². The number of piperidine rings is 1. The van der Waals surface area contributed by atoms with Gasteiger partial charge < -0.3 is 9.15 Å². The maximum atomic E-state index is 6.04. The summed E-state index contributed by atoms with van der Waals surface area (Å²) in [6, 6.07) is 6.05. The average molecular weight is 369 g/mol. The molecule has 0 saturated carbocycles. The monoisotopic (exact) mass is 369 g/mol. The number of aromatic nitrogens is 2. The zero-order valence-corrected chi connectivity index (χ0v) is 15.7. The Kier molecular flexibility index (Phi) is 5.43. The summed E-state index contributed by atoms with van der Waals surface area (Å²) in [5.74, 6) is 1.65. The molecule has 0 spiro atoms. The first-order valence-corrected chi connectivity index (χ1v) is 9.94. The Morgan fingerprint density at radius 1 is 1.31 bits per heavy atom. The van der Waals surface area contributed by atoms with Gasteiger partial charge in [0.1, 0.15) is 5.76 Å². The van der Waals surface area contributed by atoms with Crippen molar-refractivity contribution in [1.82, 2.24) is 14.9 Å². The predicted molar refractivity (Wildman–Crippen MR) is 102 cm³/mol. The molecule has 3 aromatic heterocycles. The van der Waals surface area contributed by atoms with Crippen LogP contribution in [0.25, 0.3) is 11.5 Å². The van der Waals surface area contributed by atoms with Crippen molar-refractivity contribution in [1.29, 1.82) is 0 Å². The van der Waals surface area contributed by atoms with Gasteiger partial charge in [-0.1, -0.05) is 6.07 Å². The van der Waals surface area contributed by atoms with E-state index >= 15 is 0 Å². The molecule has 0 N–H and O–H groups in total. The molecule has 0 amide bonds. The molecule has 1 saturated heterocycles. The van der Waals surface area contributed by atoms with Crippen molar-refractivity contribution in [2.45, 2.75) is 39.0 Å². The molecule has 1 aliphatic rings. The minimum absolute atomic E-state index is 0.325. The molecule has 26 heavy (non-hydrogen) atoms. The number of ether oxygens (including phenoxy) is 1. The summed E-state index contributed by atoms with van der Waals surface area (Å²) in [5, 5.41) is 4.12. The minimum Gasteiger partial charge on any atom is -0.441 e. The highest BCUT2D eigenvalue weighted by Gasteiger charge is 2.22. The third-order valence-electron chi connectivity index (χ3n) is 4.78. The second-order valence-corrected chi connectivity index (χ2v) is 7.46. The van der Waals surface area contributed by atoms with Crippen LogP contribution in [0.3, 0.4) is 0 Å². The van der Waals surface area contributed by atoms with Crippen molar-refractivity contribution in [3.05, 3.63) is 58.4 Å². The number of oxazole rings is 1. The number of aryl methyl sites for hydroxylation is 1. The van der Waals surface area contributed by atoms with Gasteiger partial charge in [0.2, 0.25) is 5.89 Å². The molecule has 0 bridgehead atoms. The fraction of sp³-hybridized carbons (Fsp3) is 0.400. The summed E-state index contributed by atoms with van der Waals surface area (Å²) in [5.41, 5.74) is 3.24. The molecule has 1 aliphatic heterocycles. The molecule has 6 heteroatoms. The van der Waals surface area contributed by atoms with E-state index in [1.165, 1.54) is 0 Å². The van der Waals surface area contributed by atoms with Gasteiger partial charge in [-0.3, -0.25) is 9.88 Å². The Hall–Kier alpha value is -2.02. The molecule has 4 rings (SSSR count). The average Bonchev–Trinajstić information content (AvgIpc) is 3.32. The topological polar surface area (TPSA) is 51.4 Å². The zero-order valence-electron chi connectivity index (χ0n) is 14.9. The Balaban J connectivity index is 1.27. The summed E-state index contributed by atoms with van der Waals surface area (Å²) in [6.45, 7) is 5.54. The molecule has 0 radical (unpaired) electrons. The molecular weight excluding hydrogens is 346 g/mol. The maximum absolute atomic E-state index is 6.04. The number of likely N-dealkylation sites (tertiary alicyclic amines) is 1. The molecule has 0 unspecified atom stereocenters. The van der Waals surface area contributed by atoms with Gasteiger partial charge in [-0.05, 0) is 42.8 Å². The Labute approximate surface area is 157 Å². The predicted octanol–water partition coefficient (Wildman–Crippen LogP) is 4.29. The summed E-state index contributed by atoms with van der Waals surface area (Å²) in [6.07, 6.45) is 6.08. The lowest BCUT2D eigenvalue weighted by Gasteiger charge is -2.31. The molecule has 0 aromatic carbocycles. The van der Waals surface area contributed by atoms with Gasteiger partial charge in [0, 0.05) is 43.0 Å². The SMILES string of the molecule is Cc1oc(-c2ccsc2)nc1CN1CCC(OCc2cccnc2)CC1. The van der Waals surface area contributed by atoms with E-state index in [-0.39, 0.29) is 0 Å². The highest BCUT2D eigenvalue weighted by atomic mass is 32.1. The van der Waals surface area contributed by atoms with E-state index in [4.69, 9.17) is 14.1 Å². The molecule has 5 nitrogen and oxygen atoms in total. The number of nitrogens with zero attached hydrogens (tertiary/aromatic N) is 3. The largest absolute Gasteiger partial charge is 0.441 e. The first-order chi connectivity index (χ1) is 12.8. The van der Waals surface area contributed by atoms with E-state index in [1.807, 2.05) is 30.6 Å². The smallest absolute Gasteiger partial charge is 0.227 e. The Bertz CT molecular complexity index is 809. The lowest BCUT2D eigenvalue weighted by molar-refractivity contribution is -0.00427. The first-order valence-electron chi connectivity index (χ1n) is 8.99. The standard InChI is InChI=1S/C20H23N3O2S/c1-15-19(22-20(25-15)17-6-10-26-14-17)12-23-8-4-18(5-9-23)24-13-16-3-2-7-21-11-16/h2-3,6-7,10-11,14,18H,4-5,8-9,12-13H2,1H3. The van der Waals surface area contributed by atoms with Gasteiger partial charge in [-0.25, -0.2) is 4.98 Å². The first kappa shape index (κ1) is 17.4. The van der Waals surface area contributed by atoms with E-state index in [0.717, 1.165) is 60.9 Å². The van der Waals surface area contributed by atoms with Crippen LogP contribution in [0.4, 0.5) is 0 Å². The zero-order chi connectivity index (χ0) is 17.8. The van der Waals surface area contributed by atoms with E-state index in [1.54, 1.807) is 17.5 Å². The van der Waals surface area contributed by atoms with Crippen molar-refractivity contribution in [2.75, 3.05) is 13.1 Å². The van der Waals surface area contributed by atoms with Gasteiger partial charge >= 0.3 is 0 Å². The Morgan fingerprint density at radius 3 is 2.92 bits per heavy atom. The summed E-state index contributed by atoms with van der Waals surface area (Å²) >= 11 is 1.66. The lowest BCUT2D eigenvalue weighted by Crippen LogP contribution is -2.36. The molecule has 3 aromatic rings. The summed E-state index contributed by atoms with van der Waals surface area (Å²) < 4.78 is 11.9. The number of hydrogen-bond acceptors (Lipinski definition) is 6. The summed E-state index contributed by atoms with van der Waals surface area (Å²) in [4.78, 5) is 11.3. The quantitative estimate of drug-likeness (QED) is 0.649. The molecule has 1 fully saturated rings. The minimum atomic E-state index is 0.325. The molecule has 136 valence electrons. The molecule has 0 aliphatic carbocycles.